The second kappa shape index (κ2) is 9.04. The minimum Gasteiger partial charge on any atom is -0.355 e. The highest BCUT2D eigenvalue weighted by atomic mass is 35.5. The summed E-state index contributed by atoms with van der Waals surface area (Å²) in [6, 6.07) is 12.4. The molecule has 1 spiro atoms. The zero-order chi connectivity index (χ0) is 25.7. The van der Waals surface area contributed by atoms with E-state index in [1.807, 2.05) is 47.1 Å². The lowest BCUT2D eigenvalue weighted by Crippen LogP contribution is -2.59. The van der Waals surface area contributed by atoms with E-state index in [9.17, 15) is 10.1 Å². The van der Waals surface area contributed by atoms with Crippen molar-refractivity contribution in [3.63, 3.8) is 0 Å². The summed E-state index contributed by atoms with van der Waals surface area (Å²) in [5.74, 6) is 1.05. The molecule has 2 fully saturated rings. The molecule has 2 aromatic heterocycles. The van der Waals surface area contributed by atoms with E-state index in [2.05, 4.69) is 28.7 Å². The van der Waals surface area contributed by atoms with E-state index < -0.39 is 0 Å². The van der Waals surface area contributed by atoms with Gasteiger partial charge in [0.15, 0.2) is 0 Å². The summed E-state index contributed by atoms with van der Waals surface area (Å²) >= 11 is 6.71. The number of halogens is 1. The highest BCUT2D eigenvalue weighted by Crippen LogP contribution is 2.46. The van der Waals surface area contributed by atoms with E-state index in [-0.39, 0.29) is 11.3 Å². The van der Waals surface area contributed by atoms with Gasteiger partial charge in [0.1, 0.15) is 17.5 Å². The van der Waals surface area contributed by atoms with Gasteiger partial charge >= 0.3 is 0 Å². The molecule has 0 bridgehead atoms. The Hall–Kier alpha value is -3.63. The average Bonchev–Trinajstić information content (AvgIpc) is 3.53. The summed E-state index contributed by atoms with van der Waals surface area (Å²) in [5.41, 5.74) is 5.84. The van der Waals surface area contributed by atoms with Crippen LogP contribution in [-0.4, -0.2) is 51.8 Å². The van der Waals surface area contributed by atoms with Crippen molar-refractivity contribution in [3.8, 4) is 17.2 Å². The van der Waals surface area contributed by atoms with Crippen LogP contribution in [0.1, 0.15) is 41.3 Å². The van der Waals surface area contributed by atoms with Gasteiger partial charge in [0, 0.05) is 78.3 Å². The number of benzene rings is 1. The lowest BCUT2D eigenvalue weighted by molar-refractivity contribution is -0.136. The molecule has 0 radical (unpaired) electrons. The van der Waals surface area contributed by atoms with Crippen LogP contribution in [0.5, 0.6) is 0 Å². The molecule has 0 saturated carbocycles. The Morgan fingerprint density at radius 3 is 2.78 bits per heavy atom. The number of nitriles is 1. The normalized spacial score (nSPS) is 19.9. The molecule has 6 rings (SSSR count). The van der Waals surface area contributed by atoms with Gasteiger partial charge in [-0.1, -0.05) is 36.4 Å². The summed E-state index contributed by atoms with van der Waals surface area (Å²) in [4.78, 5) is 21.3. The number of rotatable bonds is 4. The fourth-order valence-electron chi connectivity index (χ4n) is 6.51. The van der Waals surface area contributed by atoms with Crippen LogP contribution in [-0.2, 0) is 24.7 Å². The van der Waals surface area contributed by atoms with Crippen molar-refractivity contribution in [1.29, 1.82) is 5.26 Å². The summed E-state index contributed by atoms with van der Waals surface area (Å²) in [6.45, 7) is 6.65. The van der Waals surface area contributed by atoms with Crippen LogP contribution in [0.3, 0.4) is 0 Å². The van der Waals surface area contributed by atoms with Crippen molar-refractivity contribution in [2.75, 3.05) is 31.1 Å². The van der Waals surface area contributed by atoms with Gasteiger partial charge in [0.05, 0.1) is 0 Å². The molecule has 188 valence electrons. The molecule has 1 aliphatic carbocycles. The smallest absolute Gasteiger partial charge is 0.245 e. The third kappa shape index (κ3) is 3.91. The quantitative estimate of drug-likeness (QED) is 0.481. The Labute approximate surface area is 222 Å². The van der Waals surface area contributed by atoms with Gasteiger partial charge < -0.3 is 9.80 Å². The number of amides is 1. The number of anilines is 1. The third-order valence-corrected chi connectivity index (χ3v) is 8.69. The molecular weight excluding hydrogens is 484 g/mol. The number of pyridine rings is 1. The van der Waals surface area contributed by atoms with Gasteiger partial charge in [-0.05, 0) is 49.5 Å². The van der Waals surface area contributed by atoms with Crippen molar-refractivity contribution in [3.05, 3.63) is 76.7 Å². The number of hydrogen-bond donors (Lipinski definition) is 0. The van der Waals surface area contributed by atoms with Crippen molar-refractivity contribution in [2.24, 2.45) is 12.5 Å². The first-order valence-electron chi connectivity index (χ1n) is 12.8. The molecule has 37 heavy (non-hydrogen) atoms. The van der Waals surface area contributed by atoms with Gasteiger partial charge in [0.2, 0.25) is 5.91 Å². The minimum absolute atomic E-state index is 0.0177. The first-order chi connectivity index (χ1) is 17.9. The molecule has 1 atom stereocenters. The third-order valence-electron chi connectivity index (χ3n) is 8.36. The maximum atomic E-state index is 12.1. The summed E-state index contributed by atoms with van der Waals surface area (Å²) in [5, 5.41) is 15.5. The zero-order valence-electron chi connectivity index (χ0n) is 21.0. The second-order valence-electron chi connectivity index (χ2n) is 10.6. The van der Waals surface area contributed by atoms with Crippen molar-refractivity contribution < 1.29 is 4.79 Å². The Bertz CT molecular complexity index is 1450. The van der Waals surface area contributed by atoms with Crippen LogP contribution < -0.4 is 4.90 Å². The Morgan fingerprint density at radius 1 is 1.27 bits per heavy atom. The highest BCUT2D eigenvalue weighted by Gasteiger charge is 2.49. The van der Waals surface area contributed by atoms with Crippen molar-refractivity contribution >= 4 is 23.3 Å². The van der Waals surface area contributed by atoms with Crippen LogP contribution in [0, 0.1) is 16.7 Å². The Balaban J connectivity index is 1.42. The predicted octanol–water partition coefficient (Wildman–Crippen LogP) is 4.50. The molecule has 1 aromatic carbocycles. The van der Waals surface area contributed by atoms with Gasteiger partial charge in [-0.2, -0.15) is 10.4 Å². The first-order valence-corrected chi connectivity index (χ1v) is 13.2. The molecule has 7 nitrogen and oxygen atoms in total. The number of aryl methyl sites for hydroxylation is 1. The van der Waals surface area contributed by atoms with E-state index in [0.29, 0.717) is 16.5 Å². The highest BCUT2D eigenvalue weighted by molar-refractivity contribution is 6.33. The minimum atomic E-state index is -0.0177. The van der Waals surface area contributed by atoms with E-state index in [0.717, 1.165) is 80.1 Å². The summed E-state index contributed by atoms with van der Waals surface area (Å²) in [7, 11) is 1.99. The Kier molecular flexibility index (Phi) is 5.80. The number of nitrogens with zero attached hydrogens (tertiary/aromatic N) is 6. The van der Waals surface area contributed by atoms with Gasteiger partial charge in [-0.3, -0.25) is 9.48 Å². The van der Waals surface area contributed by atoms with E-state index in [1.54, 1.807) is 0 Å². The number of hydrogen-bond acceptors (Lipinski definition) is 5. The number of aromatic nitrogens is 3. The first kappa shape index (κ1) is 23.7. The maximum absolute atomic E-state index is 12.1. The van der Waals surface area contributed by atoms with Crippen LogP contribution in [0.4, 0.5) is 5.82 Å². The zero-order valence-corrected chi connectivity index (χ0v) is 21.7. The Morgan fingerprint density at radius 2 is 2.08 bits per heavy atom. The molecule has 2 aliphatic heterocycles. The molecular formula is C29H29ClN6O. The average molecular weight is 513 g/mol. The van der Waals surface area contributed by atoms with Crippen LogP contribution in [0.15, 0.2) is 49.2 Å². The monoisotopic (exact) mass is 512 g/mol. The molecule has 1 amide bonds. The number of carbonyl (C=O) groups is 1. The van der Waals surface area contributed by atoms with Crippen molar-refractivity contribution in [2.45, 2.75) is 31.6 Å². The largest absolute Gasteiger partial charge is 0.355 e. The molecule has 3 aromatic rings. The van der Waals surface area contributed by atoms with Crippen molar-refractivity contribution in [1.82, 2.24) is 19.7 Å². The molecule has 8 heteroatoms. The predicted molar refractivity (Wildman–Crippen MR) is 143 cm³/mol. The number of carbonyl (C=O) groups excluding carboxylic acids is 1. The lowest BCUT2D eigenvalue weighted by Gasteiger charge is -2.47. The molecule has 3 aliphatic rings. The fraction of sp³-hybridized carbons (Fsp3) is 0.379. The molecule has 0 unspecified atom stereocenters. The van der Waals surface area contributed by atoms with E-state index in [4.69, 9.17) is 16.6 Å². The second-order valence-corrected chi connectivity index (χ2v) is 11.0. The topological polar surface area (TPSA) is 78.1 Å². The van der Waals surface area contributed by atoms with Crippen LogP contribution in [0.2, 0.25) is 5.02 Å². The van der Waals surface area contributed by atoms with Crippen LogP contribution >= 0.6 is 11.6 Å². The van der Waals surface area contributed by atoms with Gasteiger partial charge in [-0.25, -0.2) is 4.98 Å². The van der Waals surface area contributed by atoms with Gasteiger partial charge in [-0.15, -0.1) is 0 Å². The number of fused-ring (bicyclic) bond motifs is 1. The summed E-state index contributed by atoms with van der Waals surface area (Å²) in [6.07, 6.45) is 6.79. The maximum Gasteiger partial charge on any atom is 0.245 e. The van der Waals surface area contributed by atoms with Crippen LogP contribution in [0.25, 0.3) is 11.1 Å². The molecule has 2 saturated heterocycles. The fourth-order valence-corrected chi connectivity index (χ4v) is 6.74. The van der Waals surface area contributed by atoms with E-state index >= 15 is 0 Å². The summed E-state index contributed by atoms with van der Waals surface area (Å²) < 4.78 is 1.95. The molecule has 0 N–H and O–H groups in total. The van der Waals surface area contributed by atoms with Gasteiger partial charge in [0.25, 0.3) is 0 Å². The SMILES string of the molecule is C=CC(=O)N1CC2(CCN(c3nc4c(c(-c5ccccc5Cl)c3C#N)CC[C@@H](c3ccnn3C)C4)C2)C1. The molecule has 4 heterocycles. The number of likely N-dealkylation sites (tertiary alicyclic amines) is 1. The lowest BCUT2D eigenvalue weighted by atomic mass is 9.79. The standard InChI is InChI=1S/C29H29ClN6O/c1-3-26(37)36-17-29(18-36)11-13-35(16-29)28-22(15-31)27(20-6-4-5-7-23(20)30)21-9-8-19(14-24(21)33-28)25-10-12-32-34(25)2/h3-7,10,12,19H,1,8-9,11,13-14,16-18H2,2H3/t19-/m1/s1. The van der Waals surface area contributed by atoms with E-state index in [1.165, 1.54) is 11.8 Å².